The van der Waals surface area contributed by atoms with Gasteiger partial charge in [0.05, 0.1) is 11.5 Å². The maximum atomic E-state index is 12.5. The Morgan fingerprint density at radius 1 is 1.22 bits per heavy atom. The summed E-state index contributed by atoms with van der Waals surface area (Å²) >= 11 is 0. The molecule has 0 radical (unpaired) electrons. The van der Waals surface area contributed by atoms with Crippen molar-refractivity contribution in [1.29, 1.82) is 0 Å². The lowest BCUT2D eigenvalue weighted by Gasteiger charge is -2.21. The molecule has 0 atom stereocenters. The monoisotopic (exact) mass is 342 g/mol. The van der Waals surface area contributed by atoms with E-state index in [1.807, 2.05) is 6.92 Å². The van der Waals surface area contributed by atoms with Gasteiger partial charge in [-0.1, -0.05) is 18.2 Å². The van der Waals surface area contributed by atoms with Crippen molar-refractivity contribution in [1.82, 2.24) is 10.0 Å². The van der Waals surface area contributed by atoms with Crippen LogP contribution in [0.2, 0.25) is 0 Å². The Bertz CT molecular complexity index is 621. The molecule has 0 spiro atoms. The average molecular weight is 342 g/mol. The van der Waals surface area contributed by atoms with Crippen molar-refractivity contribution in [3.8, 4) is 0 Å². The van der Waals surface area contributed by atoms with E-state index in [9.17, 15) is 13.2 Å². The molecular weight excluding hydrogens is 316 g/mol. The molecule has 0 saturated carbocycles. The van der Waals surface area contributed by atoms with Gasteiger partial charge in [-0.25, -0.2) is 13.1 Å². The predicted octanol–water partition coefficient (Wildman–Crippen LogP) is 1.81. The maximum Gasteiger partial charge on any atom is 0.241 e. The van der Waals surface area contributed by atoms with Gasteiger partial charge in [-0.2, -0.15) is 0 Å². The molecule has 1 rings (SSSR count). The molecule has 0 aliphatic rings. The van der Waals surface area contributed by atoms with Gasteiger partial charge in [0, 0.05) is 25.1 Å². The summed E-state index contributed by atoms with van der Waals surface area (Å²) in [6, 6.07) is 6.64. The summed E-state index contributed by atoms with van der Waals surface area (Å²) < 4.78 is 32.7. The van der Waals surface area contributed by atoms with Gasteiger partial charge in [-0.15, -0.1) is 0 Å². The third-order valence-electron chi connectivity index (χ3n) is 2.86. The first-order valence-corrected chi connectivity index (χ1v) is 9.10. The highest BCUT2D eigenvalue weighted by molar-refractivity contribution is 7.89. The first kappa shape index (κ1) is 19.6. The van der Waals surface area contributed by atoms with Crippen LogP contribution in [0.1, 0.15) is 39.7 Å². The second-order valence-electron chi connectivity index (χ2n) is 6.19. The third kappa shape index (κ3) is 7.11. The molecule has 0 unspecified atom stereocenters. The molecule has 0 bridgehead atoms. The quantitative estimate of drug-likeness (QED) is 0.706. The third-order valence-corrected chi connectivity index (χ3v) is 4.71. The summed E-state index contributed by atoms with van der Waals surface area (Å²) in [5.74, 6) is -0.172. The molecular formula is C16H26N2O4S. The fourth-order valence-electron chi connectivity index (χ4n) is 1.96. The molecule has 0 aromatic heterocycles. The van der Waals surface area contributed by atoms with Crippen molar-refractivity contribution in [3.63, 3.8) is 0 Å². The number of hydrogen-bond donors (Lipinski definition) is 2. The minimum Gasteiger partial charge on any atom is -0.381 e. The van der Waals surface area contributed by atoms with E-state index in [0.717, 1.165) is 0 Å². The Labute approximate surface area is 138 Å². The topological polar surface area (TPSA) is 84.5 Å². The van der Waals surface area contributed by atoms with Crippen molar-refractivity contribution in [3.05, 3.63) is 29.8 Å². The predicted molar refractivity (Wildman–Crippen MR) is 89.5 cm³/mol. The van der Waals surface area contributed by atoms with Crippen LogP contribution in [0.5, 0.6) is 0 Å². The van der Waals surface area contributed by atoms with E-state index in [0.29, 0.717) is 18.8 Å². The molecule has 0 fully saturated rings. The molecule has 0 aliphatic heterocycles. The molecule has 0 saturated heterocycles. The van der Waals surface area contributed by atoms with Crippen LogP contribution >= 0.6 is 0 Å². The zero-order valence-electron chi connectivity index (χ0n) is 14.2. The normalized spacial score (nSPS) is 12.2. The van der Waals surface area contributed by atoms with E-state index < -0.39 is 15.6 Å². The van der Waals surface area contributed by atoms with Gasteiger partial charge < -0.3 is 10.1 Å². The van der Waals surface area contributed by atoms with Gasteiger partial charge in [-0.05, 0) is 39.3 Å². The van der Waals surface area contributed by atoms with Crippen molar-refractivity contribution in [2.24, 2.45) is 0 Å². The van der Waals surface area contributed by atoms with E-state index in [-0.39, 0.29) is 23.8 Å². The Balaban J connectivity index is 2.80. The minimum absolute atomic E-state index is 0.159. The molecule has 7 heteroatoms. The Kier molecular flexibility index (Phi) is 7.18. The highest BCUT2D eigenvalue weighted by atomic mass is 32.2. The largest absolute Gasteiger partial charge is 0.381 e. The molecule has 0 aliphatic carbocycles. The number of ether oxygens (including phenoxy) is 1. The van der Waals surface area contributed by atoms with Crippen LogP contribution in [0.3, 0.4) is 0 Å². The van der Waals surface area contributed by atoms with E-state index in [4.69, 9.17) is 4.74 Å². The highest BCUT2D eigenvalue weighted by Gasteiger charge is 2.24. The average Bonchev–Trinajstić information content (AvgIpc) is 2.43. The van der Waals surface area contributed by atoms with E-state index in [1.54, 1.807) is 39.0 Å². The number of sulfonamides is 1. The summed E-state index contributed by atoms with van der Waals surface area (Å²) in [5.41, 5.74) is -0.0267. The summed E-state index contributed by atoms with van der Waals surface area (Å²) in [6.07, 6.45) is 0.253. The maximum absolute atomic E-state index is 12.5. The van der Waals surface area contributed by atoms with Crippen LogP contribution in [-0.2, 0) is 26.1 Å². The molecule has 0 heterocycles. The Hall–Kier alpha value is -1.44. The standard InChI is InChI=1S/C16H26N2O4S/c1-5-22-11-10-15(19)17-12-13-8-6-7-9-14(13)23(20,21)18-16(2,3)4/h6-9,18H,5,10-12H2,1-4H3,(H,17,19). The number of benzene rings is 1. The van der Waals surface area contributed by atoms with Crippen LogP contribution in [0.4, 0.5) is 0 Å². The molecule has 1 aromatic carbocycles. The van der Waals surface area contributed by atoms with Crippen LogP contribution < -0.4 is 10.0 Å². The summed E-state index contributed by atoms with van der Waals surface area (Å²) in [7, 11) is -3.64. The van der Waals surface area contributed by atoms with Gasteiger partial charge in [-0.3, -0.25) is 4.79 Å². The SMILES string of the molecule is CCOCCC(=O)NCc1ccccc1S(=O)(=O)NC(C)(C)C. The lowest BCUT2D eigenvalue weighted by atomic mass is 10.1. The summed E-state index contributed by atoms with van der Waals surface area (Å²) in [5, 5.41) is 2.72. The first-order valence-electron chi connectivity index (χ1n) is 7.62. The van der Waals surface area contributed by atoms with Gasteiger partial charge in [0.15, 0.2) is 0 Å². The Morgan fingerprint density at radius 3 is 2.48 bits per heavy atom. The fraction of sp³-hybridized carbons (Fsp3) is 0.562. The van der Waals surface area contributed by atoms with Crippen molar-refractivity contribution >= 4 is 15.9 Å². The first-order chi connectivity index (χ1) is 10.7. The smallest absolute Gasteiger partial charge is 0.241 e. The molecule has 1 amide bonds. The molecule has 130 valence electrons. The summed E-state index contributed by atoms with van der Waals surface area (Å²) in [6.45, 7) is 8.28. The van der Waals surface area contributed by atoms with Crippen molar-refractivity contribution < 1.29 is 17.9 Å². The van der Waals surface area contributed by atoms with Gasteiger partial charge >= 0.3 is 0 Å². The zero-order valence-corrected chi connectivity index (χ0v) is 15.0. The lowest BCUT2D eigenvalue weighted by molar-refractivity contribution is -0.122. The molecule has 2 N–H and O–H groups in total. The van der Waals surface area contributed by atoms with E-state index in [2.05, 4.69) is 10.0 Å². The van der Waals surface area contributed by atoms with Gasteiger partial charge in [0.2, 0.25) is 15.9 Å². The second kappa shape index (κ2) is 8.42. The van der Waals surface area contributed by atoms with E-state index >= 15 is 0 Å². The number of nitrogens with one attached hydrogen (secondary N) is 2. The molecule has 23 heavy (non-hydrogen) atoms. The molecule has 6 nitrogen and oxygen atoms in total. The number of amides is 1. The number of carbonyl (C=O) groups excluding carboxylic acids is 1. The second-order valence-corrected chi connectivity index (χ2v) is 7.84. The summed E-state index contributed by atoms with van der Waals surface area (Å²) in [4.78, 5) is 11.9. The minimum atomic E-state index is -3.64. The van der Waals surface area contributed by atoms with Crippen LogP contribution in [-0.4, -0.2) is 33.1 Å². The highest BCUT2D eigenvalue weighted by Crippen LogP contribution is 2.17. The fourth-order valence-corrected chi connectivity index (χ4v) is 3.62. The number of rotatable bonds is 8. The lowest BCUT2D eigenvalue weighted by Crippen LogP contribution is -2.41. The number of carbonyl (C=O) groups is 1. The Morgan fingerprint density at radius 2 is 1.87 bits per heavy atom. The zero-order chi connectivity index (χ0) is 17.5. The van der Waals surface area contributed by atoms with Gasteiger partial charge in [0.25, 0.3) is 0 Å². The van der Waals surface area contributed by atoms with E-state index in [1.165, 1.54) is 6.07 Å². The van der Waals surface area contributed by atoms with Crippen LogP contribution in [0.15, 0.2) is 29.2 Å². The molecule has 1 aromatic rings. The van der Waals surface area contributed by atoms with Crippen LogP contribution in [0.25, 0.3) is 0 Å². The van der Waals surface area contributed by atoms with Crippen molar-refractivity contribution in [2.75, 3.05) is 13.2 Å². The van der Waals surface area contributed by atoms with Crippen LogP contribution in [0, 0.1) is 0 Å². The van der Waals surface area contributed by atoms with Gasteiger partial charge in [0.1, 0.15) is 0 Å². The number of hydrogen-bond acceptors (Lipinski definition) is 4. The van der Waals surface area contributed by atoms with Crippen molar-refractivity contribution in [2.45, 2.75) is 51.1 Å².